The van der Waals surface area contributed by atoms with E-state index in [9.17, 15) is 14.7 Å². The van der Waals surface area contributed by atoms with Gasteiger partial charge in [-0.2, -0.15) is 0 Å². The monoisotopic (exact) mass is 461 g/mol. The van der Waals surface area contributed by atoms with Crippen LogP contribution in [0.2, 0.25) is 0 Å². The highest BCUT2D eigenvalue weighted by Crippen LogP contribution is 2.48. The summed E-state index contributed by atoms with van der Waals surface area (Å²) in [6, 6.07) is 28.9. The number of ether oxygens (including phenoxy) is 1. The Kier molecular flexibility index (Phi) is 8.33. The number of nitrogens with zero attached hydrogens (tertiary/aromatic N) is 1. The van der Waals surface area contributed by atoms with Crippen LogP contribution in [0.25, 0.3) is 0 Å². The van der Waals surface area contributed by atoms with E-state index in [4.69, 9.17) is 4.74 Å². The normalized spacial score (nSPS) is 11.9. The van der Waals surface area contributed by atoms with Crippen LogP contribution in [0.5, 0.6) is 0 Å². The third kappa shape index (κ3) is 5.46. The number of rotatable bonds is 10. The van der Waals surface area contributed by atoms with Crippen LogP contribution in [-0.4, -0.2) is 47.5 Å². The van der Waals surface area contributed by atoms with Gasteiger partial charge in [0.25, 0.3) is 0 Å². The minimum atomic E-state index is -1.09. The van der Waals surface area contributed by atoms with E-state index < -0.39 is 22.9 Å². The van der Waals surface area contributed by atoms with Crippen molar-refractivity contribution in [3.8, 4) is 0 Å². The van der Waals surface area contributed by atoms with Crippen LogP contribution in [0.15, 0.2) is 104 Å². The topological polar surface area (TPSA) is 66.8 Å². The molecule has 3 rings (SSSR count). The highest BCUT2D eigenvalue weighted by molar-refractivity contribution is 8.00. The molecule has 33 heavy (non-hydrogen) atoms. The lowest BCUT2D eigenvalue weighted by Gasteiger charge is -2.37. The van der Waals surface area contributed by atoms with Gasteiger partial charge in [-0.15, -0.1) is 11.8 Å². The Labute approximate surface area is 198 Å². The molecule has 0 saturated heterocycles. The lowest BCUT2D eigenvalue weighted by molar-refractivity contribution is -0.141. The van der Waals surface area contributed by atoms with E-state index in [0.29, 0.717) is 0 Å². The molecule has 0 heterocycles. The number of thioether (sulfide) groups is 1. The third-order valence-electron chi connectivity index (χ3n) is 5.36. The van der Waals surface area contributed by atoms with Crippen molar-refractivity contribution in [1.29, 1.82) is 0 Å². The second-order valence-electron chi connectivity index (χ2n) is 7.42. The molecule has 0 aliphatic carbocycles. The van der Waals surface area contributed by atoms with E-state index in [0.717, 1.165) is 21.6 Å². The fourth-order valence-corrected chi connectivity index (χ4v) is 5.36. The largest absolute Gasteiger partial charge is 0.480 e. The van der Waals surface area contributed by atoms with E-state index in [1.54, 1.807) is 0 Å². The van der Waals surface area contributed by atoms with E-state index in [1.165, 1.54) is 24.9 Å². The standard InChI is InChI=1S/C27H27NO4S/c1-3-19-32-26(31)28(2)24(25(29)30)20-33-27(21-13-7-4-8-14-21,22-15-9-5-10-16-22)23-17-11-6-12-18-23/h3-18,24H,1,19-20H2,2H3,(H,29,30)/t24-/m0/s1. The van der Waals surface area contributed by atoms with Crippen LogP contribution in [0.3, 0.4) is 0 Å². The lowest BCUT2D eigenvalue weighted by atomic mass is 9.84. The Bertz CT molecular complexity index is 961. The summed E-state index contributed by atoms with van der Waals surface area (Å²) in [5.41, 5.74) is 3.07. The van der Waals surface area contributed by atoms with Crippen molar-refractivity contribution in [2.45, 2.75) is 10.8 Å². The highest BCUT2D eigenvalue weighted by Gasteiger charge is 2.39. The molecule has 0 unspecified atom stereocenters. The predicted molar refractivity (Wildman–Crippen MR) is 132 cm³/mol. The summed E-state index contributed by atoms with van der Waals surface area (Å²) in [5, 5.41) is 9.94. The number of likely N-dealkylation sites (N-methyl/N-ethyl adjacent to an activating group) is 1. The van der Waals surface area contributed by atoms with Crippen molar-refractivity contribution < 1.29 is 19.4 Å². The van der Waals surface area contributed by atoms with Gasteiger partial charge in [-0.3, -0.25) is 4.90 Å². The van der Waals surface area contributed by atoms with Gasteiger partial charge in [0.15, 0.2) is 0 Å². The molecule has 6 heteroatoms. The van der Waals surface area contributed by atoms with Crippen LogP contribution in [0, 0.1) is 0 Å². The van der Waals surface area contributed by atoms with Gasteiger partial charge in [-0.05, 0) is 16.7 Å². The number of carbonyl (C=O) groups is 2. The third-order valence-corrected chi connectivity index (χ3v) is 6.99. The zero-order chi connectivity index (χ0) is 23.7. The highest BCUT2D eigenvalue weighted by atomic mass is 32.2. The molecular weight excluding hydrogens is 434 g/mol. The Morgan fingerprint density at radius 2 is 1.36 bits per heavy atom. The molecule has 1 N–H and O–H groups in total. The van der Waals surface area contributed by atoms with Gasteiger partial charge in [0.2, 0.25) is 0 Å². The van der Waals surface area contributed by atoms with Crippen LogP contribution < -0.4 is 0 Å². The first-order valence-corrected chi connectivity index (χ1v) is 11.5. The molecule has 3 aromatic rings. The maximum Gasteiger partial charge on any atom is 0.410 e. The van der Waals surface area contributed by atoms with Crippen LogP contribution in [0.4, 0.5) is 4.79 Å². The minimum absolute atomic E-state index is 0.0185. The number of aliphatic carboxylic acids is 1. The molecule has 1 atom stereocenters. The quantitative estimate of drug-likeness (QED) is 0.323. The summed E-state index contributed by atoms with van der Waals surface area (Å²) in [7, 11) is 1.44. The molecule has 0 saturated carbocycles. The van der Waals surface area contributed by atoms with Gasteiger partial charge in [-0.1, -0.05) is 104 Å². The van der Waals surface area contributed by atoms with Gasteiger partial charge in [0.1, 0.15) is 12.6 Å². The van der Waals surface area contributed by atoms with E-state index in [1.807, 2.05) is 91.0 Å². The molecule has 3 aromatic carbocycles. The number of amides is 1. The molecule has 0 radical (unpaired) electrons. The summed E-state index contributed by atoms with van der Waals surface area (Å²) >= 11 is 1.48. The fraction of sp³-hybridized carbons (Fsp3) is 0.185. The molecule has 170 valence electrons. The number of hydrogen-bond donors (Lipinski definition) is 1. The van der Waals surface area contributed by atoms with Crippen LogP contribution in [-0.2, 0) is 14.3 Å². The van der Waals surface area contributed by atoms with Crippen LogP contribution >= 0.6 is 11.8 Å². The molecule has 5 nitrogen and oxygen atoms in total. The van der Waals surface area contributed by atoms with Crippen LogP contribution in [0.1, 0.15) is 16.7 Å². The van der Waals surface area contributed by atoms with Gasteiger partial charge in [-0.25, -0.2) is 9.59 Å². The van der Waals surface area contributed by atoms with Crippen molar-refractivity contribution in [3.63, 3.8) is 0 Å². The first kappa shape index (κ1) is 24.1. The number of carbonyl (C=O) groups excluding carboxylic acids is 1. The molecule has 0 aliphatic rings. The number of carboxylic acid groups (broad SMARTS) is 1. The summed E-state index contributed by atoms with van der Waals surface area (Å²) in [5.74, 6) is -0.947. The summed E-state index contributed by atoms with van der Waals surface area (Å²) in [4.78, 5) is 25.7. The first-order valence-electron chi connectivity index (χ1n) is 10.5. The molecule has 0 bridgehead atoms. The smallest absolute Gasteiger partial charge is 0.410 e. The van der Waals surface area contributed by atoms with E-state index >= 15 is 0 Å². The fourth-order valence-electron chi connectivity index (χ4n) is 3.68. The van der Waals surface area contributed by atoms with Crippen molar-refractivity contribution in [2.24, 2.45) is 0 Å². The van der Waals surface area contributed by atoms with Crippen molar-refractivity contribution in [2.75, 3.05) is 19.4 Å². The lowest BCUT2D eigenvalue weighted by Crippen LogP contribution is -2.45. The average Bonchev–Trinajstić information content (AvgIpc) is 2.86. The van der Waals surface area contributed by atoms with Gasteiger partial charge < -0.3 is 9.84 Å². The predicted octanol–water partition coefficient (Wildman–Crippen LogP) is 5.42. The second-order valence-corrected chi connectivity index (χ2v) is 8.66. The maximum absolute atomic E-state index is 12.4. The summed E-state index contributed by atoms with van der Waals surface area (Å²) in [6.45, 7) is 3.54. The summed E-state index contributed by atoms with van der Waals surface area (Å²) in [6.07, 6.45) is 0.745. The van der Waals surface area contributed by atoms with Crippen molar-refractivity contribution >= 4 is 23.8 Å². The zero-order valence-corrected chi connectivity index (χ0v) is 19.3. The van der Waals surface area contributed by atoms with E-state index in [-0.39, 0.29) is 12.4 Å². The van der Waals surface area contributed by atoms with Gasteiger partial charge in [0.05, 0.1) is 4.75 Å². The minimum Gasteiger partial charge on any atom is -0.480 e. The SMILES string of the molecule is C=CCOC(=O)N(C)[C@@H](CSC(c1ccccc1)(c1ccccc1)c1ccccc1)C(=O)O. The number of benzene rings is 3. The van der Waals surface area contributed by atoms with Crippen molar-refractivity contribution in [3.05, 3.63) is 120 Å². The van der Waals surface area contributed by atoms with E-state index in [2.05, 4.69) is 6.58 Å². The van der Waals surface area contributed by atoms with Gasteiger partial charge in [0, 0.05) is 12.8 Å². The Morgan fingerprint density at radius 1 is 0.939 bits per heavy atom. The summed E-state index contributed by atoms with van der Waals surface area (Å²) < 4.78 is 4.39. The number of hydrogen-bond acceptors (Lipinski definition) is 4. The zero-order valence-electron chi connectivity index (χ0n) is 18.5. The second kappa shape index (κ2) is 11.4. The van der Waals surface area contributed by atoms with Crippen molar-refractivity contribution in [1.82, 2.24) is 4.90 Å². The Morgan fingerprint density at radius 3 is 1.73 bits per heavy atom. The molecule has 1 amide bonds. The molecule has 0 fully saturated rings. The molecular formula is C27H27NO4S. The Balaban J connectivity index is 2.07. The Hall–Kier alpha value is -3.51. The molecule has 0 aromatic heterocycles. The first-order chi connectivity index (χ1) is 16.0. The molecule has 0 spiro atoms. The number of carboxylic acids is 1. The molecule has 0 aliphatic heterocycles. The van der Waals surface area contributed by atoms with Gasteiger partial charge >= 0.3 is 12.1 Å². The maximum atomic E-state index is 12.4. The average molecular weight is 462 g/mol.